The third-order valence-corrected chi connectivity index (χ3v) is 2.78. The van der Waals surface area contributed by atoms with Gasteiger partial charge < -0.3 is 9.84 Å². The first-order valence-corrected chi connectivity index (χ1v) is 5.85. The van der Waals surface area contributed by atoms with E-state index in [2.05, 4.69) is 0 Å². The number of hydrogen-bond acceptors (Lipinski definition) is 2. The van der Waals surface area contributed by atoms with Gasteiger partial charge in [-0.2, -0.15) is 0 Å². The predicted molar refractivity (Wildman–Crippen MR) is 69.1 cm³/mol. The lowest BCUT2D eigenvalue weighted by atomic mass is 10.1. The van der Waals surface area contributed by atoms with Crippen molar-refractivity contribution in [3.8, 4) is 5.75 Å². The molecule has 0 saturated heterocycles. The lowest BCUT2D eigenvalue weighted by molar-refractivity contribution is 0.0696. The topological polar surface area (TPSA) is 46.5 Å². The highest BCUT2D eigenvalue weighted by atomic mass is 35.5. The summed E-state index contributed by atoms with van der Waals surface area (Å²) in [5.74, 6) is -1.61. The van der Waals surface area contributed by atoms with Crippen molar-refractivity contribution in [3.05, 3.63) is 64.4 Å². The second-order valence-corrected chi connectivity index (χ2v) is 4.25. The van der Waals surface area contributed by atoms with Gasteiger partial charge in [0.05, 0.1) is 10.6 Å². The summed E-state index contributed by atoms with van der Waals surface area (Å²) >= 11 is 5.63. The van der Waals surface area contributed by atoms with Crippen LogP contribution in [0.15, 0.2) is 42.5 Å². The van der Waals surface area contributed by atoms with E-state index >= 15 is 0 Å². The molecule has 2 aromatic rings. The van der Waals surface area contributed by atoms with Crippen molar-refractivity contribution >= 4 is 17.6 Å². The van der Waals surface area contributed by atoms with Crippen LogP contribution < -0.4 is 4.74 Å². The third-order valence-electron chi connectivity index (χ3n) is 2.48. The predicted octanol–water partition coefficient (Wildman–Crippen LogP) is 3.76. The van der Waals surface area contributed by atoms with Crippen molar-refractivity contribution in [1.29, 1.82) is 0 Å². The number of aromatic carboxylic acids is 1. The van der Waals surface area contributed by atoms with Crippen LogP contribution in [0.2, 0.25) is 5.02 Å². The first kappa shape index (κ1) is 13.4. The molecule has 1 N–H and O–H groups in total. The van der Waals surface area contributed by atoms with Crippen LogP contribution >= 0.6 is 11.6 Å². The largest absolute Gasteiger partial charge is 0.486 e. The molecule has 0 atom stereocenters. The van der Waals surface area contributed by atoms with Crippen LogP contribution in [-0.2, 0) is 6.61 Å². The fraction of sp³-hybridized carbons (Fsp3) is 0.0714. The smallest absolute Gasteiger partial charge is 0.335 e. The molecular formula is C14H10ClFO3. The first-order chi connectivity index (χ1) is 9.08. The van der Waals surface area contributed by atoms with E-state index in [4.69, 9.17) is 21.4 Å². The SMILES string of the molecule is O=C(O)c1cccc(COc2cccc(Cl)c2F)c1. The number of ether oxygens (including phenoxy) is 1. The van der Waals surface area contributed by atoms with Crippen LogP contribution in [-0.4, -0.2) is 11.1 Å². The van der Waals surface area contributed by atoms with E-state index in [0.29, 0.717) is 5.56 Å². The number of halogens is 2. The van der Waals surface area contributed by atoms with Crippen LogP contribution in [0.3, 0.4) is 0 Å². The maximum atomic E-state index is 13.6. The lowest BCUT2D eigenvalue weighted by Crippen LogP contribution is -2.01. The Labute approximate surface area is 114 Å². The maximum absolute atomic E-state index is 13.6. The van der Waals surface area contributed by atoms with Crippen molar-refractivity contribution in [2.45, 2.75) is 6.61 Å². The van der Waals surface area contributed by atoms with E-state index < -0.39 is 11.8 Å². The summed E-state index contributed by atoms with van der Waals surface area (Å²) in [6.45, 7) is 0.0678. The second kappa shape index (κ2) is 5.71. The van der Waals surface area contributed by atoms with Crippen molar-refractivity contribution in [2.75, 3.05) is 0 Å². The Kier molecular flexibility index (Phi) is 4.02. The molecule has 0 aliphatic rings. The van der Waals surface area contributed by atoms with Gasteiger partial charge in [-0.25, -0.2) is 9.18 Å². The molecule has 0 radical (unpaired) electrons. The van der Waals surface area contributed by atoms with Crippen LogP contribution in [0, 0.1) is 5.82 Å². The second-order valence-electron chi connectivity index (χ2n) is 3.85. The quantitative estimate of drug-likeness (QED) is 0.927. The molecule has 0 unspecified atom stereocenters. The molecular weight excluding hydrogens is 271 g/mol. The van der Waals surface area contributed by atoms with Gasteiger partial charge in [0, 0.05) is 0 Å². The number of carboxylic acid groups (broad SMARTS) is 1. The van der Waals surface area contributed by atoms with Gasteiger partial charge in [0.1, 0.15) is 6.61 Å². The molecule has 98 valence electrons. The number of hydrogen-bond donors (Lipinski definition) is 1. The first-order valence-electron chi connectivity index (χ1n) is 5.47. The summed E-state index contributed by atoms with van der Waals surface area (Å²) in [4.78, 5) is 10.8. The number of rotatable bonds is 4. The zero-order chi connectivity index (χ0) is 13.8. The van der Waals surface area contributed by atoms with Crippen LogP contribution in [0.4, 0.5) is 4.39 Å². The van der Waals surface area contributed by atoms with Crippen LogP contribution in [0.1, 0.15) is 15.9 Å². The van der Waals surface area contributed by atoms with Gasteiger partial charge in [-0.1, -0.05) is 29.8 Å². The standard InChI is InChI=1S/C14H10ClFO3/c15-11-5-2-6-12(13(11)16)19-8-9-3-1-4-10(7-9)14(17)18/h1-7H,8H2,(H,17,18). The summed E-state index contributed by atoms with van der Waals surface area (Å²) < 4.78 is 18.8. The van der Waals surface area contributed by atoms with Crippen molar-refractivity contribution in [3.63, 3.8) is 0 Å². The summed E-state index contributed by atoms with van der Waals surface area (Å²) in [7, 11) is 0. The summed E-state index contributed by atoms with van der Waals surface area (Å²) in [6, 6.07) is 10.7. The van der Waals surface area contributed by atoms with Gasteiger partial charge in [-0.3, -0.25) is 0 Å². The number of benzene rings is 2. The zero-order valence-electron chi connectivity index (χ0n) is 9.77. The van der Waals surface area contributed by atoms with E-state index in [9.17, 15) is 9.18 Å². The number of carbonyl (C=O) groups is 1. The molecule has 0 amide bonds. The highest BCUT2D eigenvalue weighted by Gasteiger charge is 2.08. The van der Waals surface area contributed by atoms with Gasteiger partial charge >= 0.3 is 5.97 Å². The highest BCUT2D eigenvalue weighted by molar-refractivity contribution is 6.30. The molecule has 0 aromatic heterocycles. The zero-order valence-corrected chi connectivity index (χ0v) is 10.5. The van der Waals surface area contributed by atoms with E-state index in [1.165, 1.54) is 24.3 Å². The van der Waals surface area contributed by atoms with Crippen molar-refractivity contribution < 1.29 is 19.0 Å². The van der Waals surface area contributed by atoms with Crippen LogP contribution in [0.25, 0.3) is 0 Å². The fourth-order valence-corrected chi connectivity index (χ4v) is 1.72. The van der Waals surface area contributed by atoms with Gasteiger partial charge in [0.2, 0.25) is 0 Å². The Morgan fingerprint density at radius 2 is 2.00 bits per heavy atom. The Morgan fingerprint density at radius 3 is 2.74 bits per heavy atom. The minimum Gasteiger partial charge on any atom is -0.486 e. The lowest BCUT2D eigenvalue weighted by Gasteiger charge is -2.08. The maximum Gasteiger partial charge on any atom is 0.335 e. The van der Waals surface area contributed by atoms with E-state index in [1.54, 1.807) is 18.2 Å². The molecule has 5 heteroatoms. The van der Waals surface area contributed by atoms with E-state index in [0.717, 1.165) is 0 Å². The van der Waals surface area contributed by atoms with Crippen molar-refractivity contribution in [1.82, 2.24) is 0 Å². The van der Waals surface area contributed by atoms with Gasteiger partial charge in [0.25, 0.3) is 0 Å². The Bertz CT molecular complexity index is 613. The van der Waals surface area contributed by atoms with Gasteiger partial charge in [0.15, 0.2) is 11.6 Å². The van der Waals surface area contributed by atoms with Crippen LogP contribution in [0.5, 0.6) is 5.75 Å². The average molecular weight is 281 g/mol. The summed E-state index contributed by atoms with van der Waals surface area (Å²) in [6.07, 6.45) is 0. The molecule has 19 heavy (non-hydrogen) atoms. The molecule has 0 heterocycles. The summed E-state index contributed by atoms with van der Waals surface area (Å²) in [5.41, 5.74) is 0.798. The minimum absolute atomic E-state index is 0.0169. The molecule has 3 nitrogen and oxygen atoms in total. The van der Waals surface area contributed by atoms with Crippen molar-refractivity contribution in [2.24, 2.45) is 0 Å². The molecule has 2 rings (SSSR count). The molecule has 0 aliphatic carbocycles. The minimum atomic E-state index is -1.02. The highest BCUT2D eigenvalue weighted by Crippen LogP contribution is 2.24. The van der Waals surface area contributed by atoms with Gasteiger partial charge in [-0.05, 0) is 29.8 Å². The fourth-order valence-electron chi connectivity index (χ4n) is 1.55. The molecule has 0 spiro atoms. The number of carboxylic acids is 1. The Balaban J connectivity index is 2.12. The molecule has 2 aromatic carbocycles. The molecule has 0 fully saturated rings. The summed E-state index contributed by atoms with van der Waals surface area (Å²) in [5, 5.41) is 8.84. The Hall–Kier alpha value is -2.07. The molecule has 0 saturated carbocycles. The molecule has 0 bridgehead atoms. The van der Waals surface area contributed by atoms with E-state index in [-0.39, 0.29) is 22.9 Å². The normalized spacial score (nSPS) is 10.2. The van der Waals surface area contributed by atoms with E-state index in [1.807, 2.05) is 0 Å². The molecule has 0 aliphatic heterocycles. The third kappa shape index (κ3) is 3.23. The monoisotopic (exact) mass is 280 g/mol. The Morgan fingerprint density at radius 1 is 1.26 bits per heavy atom. The van der Waals surface area contributed by atoms with Gasteiger partial charge in [-0.15, -0.1) is 0 Å². The average Bonchev–Trinajstić information content (AvgIpc) is 2.41.